The molecule has 1 N–H and O–H groups in total. The first-order valence-corrected chi connectivity index (χ1v) is 2.82. The standard InChI is InChI=1S/C6H6N2O3/c9-6(10)8-7-4-5-2-1-3-11-5/h1-4,8H,(H,9,10)/p-1/b7-4+. The van der Waals surface area contributed by atoms with E-state index in [0.29, 0.717) is 5.76 Å². The van der Waals surface area contributed by atoms with Crippen LogP contribution < -0.4 is 10.5 Å². The van der Waals surface area contributed by atoms with E-state index in [1.807, 2.05) is 0 Å². The number of carbonyl (C=O) groups is 1. The van der Waals surface area contributed by atoms with Gasteiger partial charge in [-0.25, -0.2) is 0 Å². The van der Waals surface area contributed by atoms with E-state index in [9.17, 15) is 9.90 Å². The minimum atomic E-state index is -1.45. The monoisotopic (exact) mass is 153 g/mol. The average Bonchev–Trinajstić information content (AvgIpc) is 2.39. The number of hydrogen-bond donors (Lipinski definition) is 1. The normalized spacial score (nSPS) is 10.2. The van der Waals surface area contributed by atoms with Crippen molar-refractivity contribution < 1.29 is 14.3 Å². The Morgan fingerprint density at radius 3 is 3.18 bits per heavy atom. The molecule has 0 atom stereocenters. The number of nitrogens with zero attached hydrogens (tertiary/aromatic N) is 1. The van der Waals surface area contributed by atoms with Gasteiger partial charge in [0.1, 0.15) is 5.76 Å². The van der Waals surface area contributed by atoms with E-state index in [2.05, 4.69) is 5.10 Å². The fraction of sp³-hybridized carbons (Fsp3) is 0. The van der Waals surface area contributed by atoms with E-state index in [1.54, 1.807) is 17.6 Å². The molecule has 5 nitrogen and oxygen atoms in total. The molecule has 0 spiro atoms. The van der Waals surface area contributed by atoms with Crippen LogP contribution in [0.2, 0.25) is 0 Å². The summed E-state index contributed by atoms with van der Waals surface area (Å²) in [6.45, 7) is 0. The second-order valence-corrected chi connectivity index (χ2v) is 1.67. The predicted molar refractivity (Wildman–Crippen MR) is 34.8 cm³/mol. The quantitative estimate of drug-likeness (QED) is 0.461. The third-order valence-corrected chi connectivity index (χ3v) is 0.891. The zero-order valence-corrected chi connectivity index (χ0v) is 5.48. The first-order chi connectivity index (χ1) is 5.29. The fourth-order valence-electron chi connectivity index (χ4n) is 0.513. The van der Waals surface area contributed by atoms with Crippen molar-refractivity contribution in [1.29, 1.82) is 0 Å². The molecule has 0 aliphatic rings. The van der Waals surface area contributed by atoms with Gasteiger partial charge in [0, 0.05) is 0 Å². The van der Waals surface area contributed by atoms with Gasteiger partial charge in [-0.2, -0.15) is 5.10 Å². The molecule has 0 fully saturated rings. The lowest BCUT2D eigenvalue weighted by Gasteiger charge is -1.95. The average molecular weight is 153 g/mol. The Bertz CT molecular complexity index is 253. The highest BCUT2D eigenvalue weighted by Crippen LogP contribution is 1.93. The lowest BCUT2D eigenvalue weighted by atomic mass is 10.5. The Morgan fingerprint density at radius 1 is 1.82 bits per heavy atom. The maximum absolute atomic E-state index is 9.76. The summed E-state index contributed by atoms with van der Waals surface area (Å²) < 4.78 is 4.81. The molecular weight excluding hydrogens is 148 g/mol. The topological polar surface area (TPSA) is 77.7 Å². The molecule has 0 aromatic carbocycles. The molecule has 1 heterocycles. The van der Waals surface area contributed by atoms with Crippen LogP contribution in [0.1, 0.15) is 5.76 Å². The minimum Gasteiger partial charge on any atom is -0.529 e. The molecule has 0 saturated carbocycles. The van der Waals surface area contributed by atoms with Crippen molar-refractivity contribution in [2.24, 2.45) is 5.10 Å². The van der Waals surface area contributed by atoms with E-state index >= 15 is 0 Å². The highest BCUT2D eigenvalue weighted by atomic mass is 16.4. The van der Waals surface area contributed by atoms with Crippen LogP contribution >= 0.6 is 0 Å². The molecule has 1 aromatic heterocycles. The van der Waals surface area contributed by atoms with Gasteiger partial charge in [-0.15, -0.1) is 0 Å². The van der Waals surface area contributed by atoms with E-state index in [1.165, 1.54) is 12.5 Å². The Morgan fingerprint density at radius 2 is 2.64 bits per heavy atom. The number of hydrazone groups is 1. The van der Waals surface area contributed by atoms with Gasteiger partial charge in [0.15, 0.2) is 6.09 Å². The molecule has 58 valence electrons. The van der Waals surface area contributed by atoms with E-state index in [4.69, 9.17) is 4.42 Å². The lowest BCUT2D eigenvalue weighted by molar-refractivity contribution is -0.250. The Balaban J connectivity index is 2.43. The molecule has 1 amide bonds. The summed E-state index contributed by atoms with van der Waals surface area (Å²) in [6.07, 6.45) is 1.24. The molecule has 1 aromatic rings. The van der Waals surface area contributed by atoms with Crippen LogP contribution in [0.5, 0.6) is 0 Å². The van der Waals surface area contributed by atoms with E-state index in [-0.39, 0.29) is 0 Å². The van der Waals surface area contributed by atoms with Crippen LogP contribution in [-0.2, 0) is 0 Å². The van der Waals surface area contributed by atoms with Gasteiger partial charge in [-0.1, -0.05) is 0 Å². The first kappa shape index (κ1) is 7.33. The highest BCUT2D eigenvalue weighted by Gasteiger charge is 1.86. The molecule has 0 bridgehead atoms. The van der Waals surface area contributed by atoms with Crippen molar-refractivity contribution in [1.82, 2.24) is 5.43 Å². The SMILES string of the molecule is O=C([O-])N/N=C/c1ccco1. The van der Waals surface area contributed by atoms with Gasteiger partial charge < -0.3 is 14.3 Å². The van der Waals surface area contributed by atoms with Crippen molar-refractivity contribution in [3.8, 4) is 0 Å². The van der Waals surface area contributed by atoms with Gasteiger partial charge in [0.25, 0.3) is 0 Å². The molecule has 0 radical (unpaired) electrons. The summed E-state index contributed by atoms with van der Waals surface area (Å²) in [5.41, 5.74) is 1.70. The van der Waals surface area contributed by atoms with Crippen LogP contribution in [0.15, 0.2) is 27.9 Å². The summed E-state index contributed by atoms with van der Waals surface area (Å²) in [5.74, 6) is 0.471. The van der Waals surface area contributed by atoms with Gasteiger partial charge in [0.2, 0.25) is 0 Å². The van der Waals surface area contributed by atoms with Gasteiger partial charge in [-0.05, 0) is 12.1 Å². The molecule has 5 heteroatoms. The Labute approximate surface area is 62.3 Å². The zero-order chi connectivity index (χ0) is 8.10. The maximum Gasteiger partial charge on any atom is 0.155 e. The van der Waals surface area contributed by atoms with E-state index < -0.39 is 6.09 Å². The zero-order valence-electron chi connectivity index (χ0n) is 5.48. The number of furan rings is 1. The van der Waals surface area contributed by atoms with Gasteiger partial charge in [0.05, 0.1) is 12.5 Å². The molecule has 0 unspecified atom stereocenters. The number of hydrogen-bond acceptors (Lipinski definition) is 4. The smallest absolute Gasteiger partial charge is 0.155 e. The summed E-state index contributed by atoms with van der Waals surface area (Å²) >= 11 is 0. The van der Waals surface area contributed by atoms with Crippen molar-refractivity contribution >= 4 is 12.3 Å². The van der Waals surface area contributed by atoms with Gasteiger partial charge >= 0.3 is 0 Å². The molecule has 0 aliphatic carbocycles. The molecule has 0 aliphatic heterocycles. The summed E-state index contributed by atoms with van der Waals surface area (Å²) in [4.78, 5) is 9.76. The third-order valence-electron chi connectivity index (χ3n) is 0.891. The fourth-order valence-corrected chi connectivity index (χ4v) is 0.513. The summed E-state index contributed by atoms with van der Waals surface area (Å²) in [7, 11) is 0. The Kier molecular flexibility index (Phi) is 2.27. The summed E-state index contributed by atoms with van der Waals surface area (Å²) in [6, 6.07) is 3.31. The minimum absolute atomic E-state index is 0.471. The summed E-state index contributed by atoms with van der Waals surface area (Å²) in [5, 5.41) is 13.0. The van der Waals surface area contributed by atoms with Crippen molar-refractivity contribution in [3.05, 3.63) is 24.2 Å². The van der Waals surface area contributed by atoms with Crippen molar-refractivity contribution in [2.45, 2.75) is 0 Å². The lowest BCUT2D eigenvalue weighted by Crippen LogP contribution is -2.32. The second-order valence-electron chi connectivity index (χ2n) is 1.67. The molecule has 1 rings (SSSR count). The first-order valence-electron chi connectivity index (χ1n) is 2.82. The third kappa shape index (κ3) is 2.53. The second kappa shape index (κ2) is 3.40. The largest absolute Gasteiger partial charge is 0.529 e. The van der Waals surface area contributed by atoms with Crippen LogP contribution in [0.3, 0.4) is 0 Å². The van der Waals surface area contributed by atoms with E-state index in [0.717, 1.165) is 0 Å². The Hall–Kier alpha value is -1.78. The van der Waals surface area contributed by atoms with Gasteiger partial charge in [-0.3, -0.25) is 5.43 Å². The number of rotatable bonds is 2. The van der Waals surface area contributed by atoms with Crippen LogP contribution in [0.25, 0.3) is 0 Å². The number of carboxylic acid groups (broad SMARTS) is 1. The predicted octanol–water partition coefficient (Wildman–Crippen LogP) is -0.454. The van der Waals surface area contributed by atoms with Crippen LogP contribution in [-0.4, -0.2) is 12.3 Å². The molecule has 11 heavy (non-hydrogen) atoms. The number of amides is 1. The van der Waals surface area contributed by atoms with Crippen LogP contribution in [0, 0.1) is 0 Å². The highest BCUT2D eigenvalue weighted by molar-refractivity contribution is 5.76. The van der Waals surface area contributed by atoms with Crippen molar-refractivity contribution in [3.63, 3.8) is 0 Å². The maximum atomic E-state index is 9.76. The number of carbonyl (C=O) groups excluding carboxylic acids is 1. The molecular formula is C6H5N2O3-. The van der Waals surface area contributed by atoms with Crippen LogP contribution in [0.4, 0.5) is 4.79 Å². The molecule has 0 saturated heterocycles. The number of nitrogens with one attached hydrogen (secondary N) is 1. The van der Waals surface area contributed by atoms with Crippen molar-refractivity contribution in [2.75, 3.05) is 0 Å².